The molecule has 3 heterocycles. The van der Waals surface area contributed by atoms with Crippen LogP contribution < -0.4 is 30.5 Å². The SMILES string of the molecule is CC[C@@H]1C(=O)N(C)c2cnc(Nc3ccc(C(=O)NC4(CCO)CC5(CCNC5)C4)cc3OC)nc2N1C1CCCC1. The Morgan fingerprint density at radius 2 is 2.05 bits per heavy atom. The summed E-state index contributed by atoms with van der Waals surface area (Å²) < 4.78 is 5.67. The third-order valence-electron chi connectivity index (χ3n) is 9.85. The number of anilines is 4. The van der Waals surface area contributed by atoms with Gasteiger partial charge in [0.15, 0.2) is 5.82 Å². The van der Waals surface area contributed by atoms with Gasteiger partial charge in [-0.2, -0.15) is 4.98 Å². The molecule has 1 aromatic heterocycles. The second kappa shape index (κ2) is 11.3. The molecule has 1 spiro atoms. The maximum Gasteiger partial charge on any atom is 0.251 e. The number of hydrogen-bond donors (Lipinski definition) is 4. The zero-order valence-corrected chi connectivity index (χ0v) is 24.9. The minimum absolute atomic E-state index is 0.0396. The molecule has 2 aliphatic heterocycles. The Labute approximate surface area is 247 Å². The number of rotatable bonds is 9. The lowest BCUT2D eigenvalue weighted by molar-refractivity contribution is -0.120. The highest BCUT2D eigenvalue weighted by Gasteiger charge is 2.55. The van der Waals surface area contributed by atoms with Crippen LogP contribution in [0, 0.1) is 5.41 Å². The molecule has 3 fully saturated rings. The topological polar surface area (TPSA) is 132 Å². The quantitative estimate of drug-likeness (QED) is 0.354. The first-order valence-electron chi connectivity index (χ1n) is 15.3. The molecule has 1 atom stereocenters. The molecule has 2 saturated carbocycles. The Balaban J connectivity index is 1.22. The summed E-state index contributed by atoms with van der Waals surface area (Å²) in [4.78, 5) is 39.9. The van der Waals surface area contributed by atoms with Crippen LogP contribution in [0.15, 0.2) is 24.4 Å². The molecule has 42 heavy (non-hydrogen) atoms. The molecule has 2 aromatic rings. The summed E-state index contributed by atoms with van der Waals surface area (Å²) in [6, 6.07) is 5.33. The average molecular weight is 578 g/mol. The second-order valence-corrected chi connectivity index (χ2v) is 12.6. The lowest BCUT2D eigenvalue weighted by Gasteiger charge is -2.55. The number of nitrogens with zero attached hydrogens (tertiary/aromatic N) is 4. The third-order valence-corrected chi connectivity index (χ3v) is 9.85. The van der Waals surface area contributed by atoms with Crippen LogP contribution in [-0.2, 0) is 4.79 Å². The highest BCUT2D eigenvalue weighted by atomic mass is 16.5. The van der Waals surface area contributed by atoms with Crippen LogP contribution in [-0.4, -0.2) is 78.4 Å². The van der Waals surface area contributed by atoms with Crippen molar-refractivity contribution in [1.29, 1.82) is 0 Å². The highest BCUT2D eigenvalue weighted by molar-refractivity contribution is 6.04. The summed E-state index contributed by atoms with van der Waals surface area (Å²) in [6.07, 6.45) is 10.2. The number of amides is 2. The van der Waals surface area contributed by atoms with E-state index in [2.05, 4.69) is 25.8 Å². The standard InChI is InChI=1S/C31H43N7O4/c1-4-23-28(41)37(2)24-16-33-29(35-26(24)38(23)21-7-5-6-8-21)34-22-10-9-20(15-25(22)42-3)27(40)36-31(12-14-39)17-30(18-31)11-13-32-19-30/h9-10,15-16,21,23,32,39H,4-8,11-14,17-19H2,1-3H3,(H,36,40)(H,33,34,35)/t23-,30?,31?/m1/s1. The van der Waals surface area contributed by atoms with Crippen LogP contribution in [0.3, 0.4) is 0 Å². The summed E-state index contributed by atoms with van der Waals surface area (Å²) in [5, 5.41) is 19.7. The van der Waals surface area contributed by atoms with Gasteiger partial charge in [-0.05, 0) is 75.1 Å². The van der Waals surface area contributed by atoms with E-state index in [0.717, 1.165) is 63.9 Å². The number of aliphatic hydroxyl groups excluding tert-OH is 1. The molecule has 0 unspecified atom stereocenters. The van der Waals surface area contributed by atoms with E-state index in [9.17, 15) is 14.7 Å². The average Bonchev–Trinajstić information content (AvgIpc) is 3.68. The zero-order chi connectivity index (χ0) is 29.5. The van der Waals surface area contributed by atoms with Crippen molar-refractivity contribution in [3.8, 4) is 5.75 Å². The van der Waals surface area contributed by atoms with Crippen molar-refractivity contribution in [3.63, 3.8) is 0 Å². The van der Waals surface area contributed by atoms with Crippen molar-refractivity contribution in [1.82, 2.24) is 20.6 Å². The van der Waals surface area contributed by atoms with Crippen LogP contribution in [0.4, 0.5) is 23.1 Å². The number of carbonyl (C=O) groups excluding carboxylic acids is 2. The summed E-state index contributed by atoms with van der Waals surface area (Å²) in [7, 11) is 3.36. The number of ether oxygens (including phenoxy) is 1. The molecule has 1 saturated heterocycles. The molecule has 0 bridgehead atoms. The van der Waals surface area contributed by atoms with Gasteiger partial charge in [-0.25, -0.2) is 4.98 Å². The van der Waals surface area contributed by atoms with E-state index < -0.39 is 0 Å². The lowest BCUT2D eigenvalue weighted by atomic mass is 9.55. The third kappa shape index (κ3) is 5.06. The Morgan fingerprint density at radius 1 is 1.26 bits per heavy atom. The van der Waals surface area contributed by atoms with Crippen molar-refractivity contribution in [3.05, 3.63) is 30.0 Å². The molecule has 11 nitrogen and oxygen atoms in total. The van der Waals surface area contributed by atoms with E-state index in [1.54, 1.807) is 43.5 Å². The van der Waals surface area contributed by atoms with E-state index in [1.807, 2.05) is 6.92 Å². The van der Waals surface area contributed by atoms with Crippen molar-refractivity contribution >= 4 is 35.0 Å². The Kier molecular flexibility index (Phi) is 7.74. The predicted octanol–water partition coefficient (Wildman–Crippen LogP) is 3.36. The Hall–Kier alpha value is -3.44. The Morgan fingerprint density at radius 3 is 2.71 bits per heavy atom. The number of carbonyl (C=O) groups is 2. The van der Waals surface area contributed by atoms with Gasteiger partial charge in [0, 0.05) is 37.3 Å². The fraction of sp³-hybridized carbons (Fsp3) is 0.613. The smallest absolute Gasteiger partial charge is 0.251 e. The van der Waals surface area contributed by atoms with Crippen LogP contribution >= 0.6 is 0 Å². The molecular weight excluding hydrogens is 534 g/mol. The van der Waals surface area contributed by atoms with Crippen molar-refractivity contribution < 1.29 is 19.4 Å². The normalized spacial score (nSPS) is 27.2. The number of nitrogens with one attached hydrogen (secondary N) is 3. The number of benzene rings is 1. The fourth-order valence-corrected chi connectivity index (χ4v) is 7.84. The number of hydrogen-bond acceptors (Lipinski definition) is 9. The van der Waals surface area contributed by atoms with Gasteiger partial charge in [0.2, 0.25) is 11.9 Å². The molecule has 2 amide bonds. The fourth-order valence-electron chi connectivity index (χ4n) is 7.84. The summed E-state index contributed by atoms with van der Waals surface area (Å²) >= 11 is 0. The number of likely N-dealkylation sites (N-methyl/N-ethyl adjacent to an activating group) is 1. The number of aliphatic hydroxyl groups is 1. The van der Waals surface area contributed by atoms with Gasteiger partial charge < -0.3 is 35.6 Å². The predicted molar refractivity (Wildman–Crippen MR) is 162 cm³/mol. The molecule has 4 N–H and O–H groups in total. The first kappa shape index (κ1) is 28.7. The van der Waals surface area contributed by atoms with E-state index in [1.165, 1.54) is 0 Å². The largest absolute Gasteiger partial charge is 0.495 e. The van der Waals surface area contributed by atoms with E-state index in [-0.39, 0.29) is 41.5 Å². The maximum atomic E-state index is 13.4. The maximum absolute atomic E-state index is 13.4. The van der Waals surface area contributed by atoms with E-state index in [0.29, 0.717) is 41.5 Å². The molecular formula is C31H43N7O4. The number of aromatic nitrogens is 2. The summed E-state index contributed by atoms with van der Waals surface area (Å²) in [5.41, 5.74) is 1.69. The molecule has 226 valence electrons. The molecule has 1 aromatic carbocycles. The minimum Gasteiger partial charge on any atom is -0.495 e. The molecule has 11 heteroatoms. The van der Waals surface area contributed by atoms with Crippen LogP contribution in [0.5, 0.6) is 5.75 Å². The van der Waals surface area contributed by atoms with Gasteiger partial charge in [0.05, 0.1) is 19.0 Å². The van der Waals surface area contributed by atoms with E-state index >= 15 is 0 Å². The molecule has 6 rings (SSSR count). The van der Waals surface area contributed by atoms with Crippen LogP contribution in [0.25, 0.3) is 0 Å². The molecule has 2 aliphatic carbocycles. The Bertz CT molecular complexity index is 1330. The van der Waals surface area contributed by atoms with Crippen LogP contribution in [0.2, 0.25) is 0 Å². The second-order valence-electron chi connectivity index (χ2n) is 12.6. The van der Waals surface area contributed by atoms with Crippen molar-refractivity contribution in [2.24, 2.45) is 5.41 Å². The van der Waals surface area contributed by atoms with Gasteiger partial charge in [-0.1, -0.05) is 19.8 Å². The molecule has 0 radical (unpaired) electrons. The molecule has 4 aliphatic rings. The summed E-state index contributed by atoms with van der Waals surface area (Å²) in [5.74, 6) is 1.57. The van der Waals surface area contributed by atoms with Crippen molar-refractivity contribution in [2.75, 3.05) is 49.0 Å². The van der Waals surface area contributed by atoms with Crippen LogP contribution in [0.1, 0.15) is 75.1 Å². The summed E-state index contributed by atoms with van der Waals surface area (Å²) in [6.45, 7) is 4.07. The zero-order valence-electron chi connectivity index (χ0n) is 24.9. The van der Waals surface area contributed by atoms with Gasteiger partial charge in [-0.3, -0.25) is 9.59 Å². The highest BCUT2D eigenvalue weighted by Crippen LogP contribution is 2.53. The van der Waals surface area contributed by atoms with Gasteiger partial charge in [0.25, 0.3) is 5.91 Å². The number of fused-ring (bicyclic) bond motifs is 1. The van der Waals surface area contributed by atoms with Crippen molar-refractivity contribution in [2.45, 2.75) is 82.3 Å². The van der Waals surface area contributed by atoms with Gasteiger partial charge >= 0.3 is 0 Å². The lowest BCUT2D eigenvalue weighted by Crippen LogP contribution is -2.63. The van der Waals surface area contributed by atoms with E-state index in [4.69, 9.17) is 9.72 Å². The van der Waals surface area contributed by atoms with Gasteiger partial charge in [0.1, 0.15) is 17.5 Å². The number of methoxy groups -OCH3 is 1. The minimum atomic E-state index is -0.380. The van der Waals surface area contributed by atoms with Gasteiger partial charge in [-0.15, -0.1) is 0 Å². The first-order chi connectivity index (χ1) is 20.3. The monoisotopic (exact) mass is 577 g/mol. The first-order valence-corrected chi connectivity index (χ1v) is 15.3.